The SMILES string of the molecule is CCn1ncc(-c2cc(C(F)F)nc(N3CCC(C(N)=O)CC3)n2)c1C. The van der Waals surface area contributed by atoms with Crippen molar-refractivity contribution < 1.29 is 13.6 Å². The summed E-state index contributed by atoms with van der Waals surface area (Å²) < 4.78 is 28.5. The monoisotopic (exact) mass is 364 g/mol. The zero-order valence-electron chi connectivity index (χ0n) is 14.8. The number of hydrogen-bond donors (Lipinski definition) is 1. The van der Waals surface area contributed by atoms with Gasteiger partial charge in [0, 0.05) is 36.8 Å². The number of carbonyl (C=O) groups excluding carboxylic acids is 1. The molecule has 0 saturated carbocycles. The lowest BCUT2D eigenvalue weighted by Gasteiger charge is -2.30. The van der Waals surface area contributed by atoms with Crippen molar-refractivity contribution in [1.29, 1.82) is 0 Å². The summed E-state index contributed by atoms with van der Waals surface area (Å²) in [5.74, 6) is -0.256. The molecule has 7 nitrogen and oxygen atoms in total. The predicted molar refractivity (Wildman–Crippen MR) is 92.8 cm³/mol. The van der Waals surface area contributed by atoms with Crippen molar-refractivity contribution in [3.8, 4) is 11.3 Å². The van der Waals surface area contributed by atoms with Crippen LogP contribution in [0, 0.1) is 12.8 Å². The number of primary amides is 1. The molecule has 9 heteroatoms. The summed E-state index contributed by atoms with van der Waals surface area (Å²) in [4.78, 5) is 21.7. The van der Waals surface area contributed by atoms with Crippen molar-refractivity contribution in [2.24, 2.45) is 11.7 Å². The maximum absolute atomic E-state index is 13.4. The number of nitrogens with two attached hydrogens (primary N) is 1. The largest absolute Gasteiger partial charge is 0.369 e. The zero-order chi connectivity index (χ0) is 18.8. The number of alkyl halides is 2. The average molecular weight is 364 g/mol. The van der Waals surface area contributed by atoms with Crippen LogP contribution in [0.4, 0.5) is 14.7 Å². The first-order valence-corrected chi connectivity index (χ1v) is 8.64. The van der Waals surface area contributed by atoms with Crippen LogP contribution in [0.3, 0.4) is 0 Å². The van der Waals surface area contributed by atoms with Crippen molar-refractivity contribution >= 4 is 11.9 Å². The fourth-order valence-electron chi connectivity index (χ4n) is 3.22. The van der Waals surface area contributed by atoms with Gasteiger partial charge in [0.1, 0.15) is 5.69 Å². The molecule has 2 N–H and O–H groups in total. The van der Waals surface area contributed by atoms with E-state index < -0.39 is 6.43 Å². The van der Waals surface area contributed by atoms with Crippen molar-refractivity contribution in [3.05, 3.63) is 23.7 Å². The Labute approximate surface area is 150 Å². The summed E-state index contributed by atoms with van der Waals surface area (Å²) in [7, 11) is 0. The van der Waals surface area contributed by atoms with E-state index in [1.54, 1.807) is 10.9 Å². The van der Waals surface area contributed by atoms with Crippen LogP contribution in [-0.2, 0) is 11.3 Å². The maximum Gasteiger partial charge on any atom is 0.280 e. The summed E-state index contributed by atoms with van der Waals surface area (Å²) in [5, 5.41) is 4.26. The molecular formula is C17H22F2N6O. The number of anilines is 1. The van der Waals surface area contributed by atoms with Crippen LogP contribution in [0.1, 0.15) is 37.6 Å². The number of hydrogen-bond acceptors (Lipinski definition) is 5. The number of halogens is 2. The molecule has 1 fully saturated rings. The van der Waals surface area contributed by atoms with E-state index in [2.05, 4.69) is 15.1 Å². The van der Waals surface area contributed by atoms with Crippen LogP contribution in [0.15, 0.2) is 12.3 Å². The van der Waals surface area contributed by atoms with Gasteiger partial charge < -0.3 is 10.6 Å². The minimum Gasteiger partial charge on any atom is -0.369 e. The predicted octanol–water partition coefficient (Wildman–Crippen LogP) is 2.31. The second kappa shape index (κ2) is 7.35. The van der Waals surface area contributed by atoms with Crippen molar-refractivity contribution in [2.75, 3.05) is 18.0 Å². The quantitative estimate of drug-likeness (QED) is 0.879. The van der Waals surface area contributed by atoms with Crippen LogP contribution in [-0.4, -0.2) is 38.7 Å². The third-order valence-corrected chi connectivity index (χ3v) is 4.82. The minimum atomic E-state index is -2.69. The van der Waals surface area contributed by atoms with E-state index >= 15 is 0 Å². The van der Waals surface area contributed by atoms with E-state index in [1.165, 1.54) is 6.07 Å². The van der Waals surface area contributed by atoms with Gasteiger partial charge in [-0.05, 0) is 32.8 Å². The van der Waals surface area contributed by atoms with Gasteiger partial charge in [0.05, 0.1) is 11.9 Å². The van der Waals surface area contributed by atoms with Gasteiger partial charge in [-0.3, -0.25) is 9.48 Å². The summed E-state index contributed by atoms with van der Waals surface area (Å²) in [6.07, 6.45) is 0.0825. The molecule has 0 spiro atoms. The van der Waals surface area contributed by atoms with E-state index in [0.29, 0.717) is 43.7 Å². The molecule has 3 heterocycles. The topological polar surface area (TPSA) is 89.9 Å². The van der Waals surface area contributed by atoms with Crippen LogP contribution < -0.4 is 10.6 Å². The highest BCUT2D eigenvalue weighted by atomic mass is 19.3. The Bertz CT molecular complexity index is 799. The number of carbonyl (C=O) groups is 1. The van der Waals surface area contributed by atoms with Gasteiger partial charge in [-0.2, -0.15) is 5.10 Å². The Kier molecular flexibility index (Phi) is 5.15. The molecule has 0 unspecified atom stereocenters. The average Bonchev–Trinajstić information content (AvgIpc) is 3.02. The van der Waals surface area contributed by atoms with Crippen molar-refractivity contribution in [3.63, 3.8) is 0 Å². The molecule has 2 aromatic heterocycles. The molecule has 1 aliphatic rings. The zero-order valence-corrected chi connectivity index (χ0v) is 14.8. The Morgan fingerprint density at radius 2 is 2.04 bits per heavy atom. The van der Waals surface area contributed by atoms with E-state index in [-0.39, 0.29) is 23.5 Å². The Balaban J connectivity index is 1.95. The summed E-state index contributed by atoms with van der Waals surface area (Å²) in [6.45, 7) is 5.54. The molecule has 1 amide bonds. The first-order chi connectivity index (χ1) is 12.4. The molecule has 0 radical (unpaired) electrons. The second-order valence-corrected chi connectivity index (χ2v) is 6.40. The number of rotatable bonds is 5. The van der Waals surface area contributed by atoms with E-state index in [1.807, 2.05) is 18.7 Å². The van der Waals surface area contributed by atoms with Crippen molar-refractivity contribution in [2.45, 2.75) is 39.7 Å². The molecule has 0 aliphatic carbocycles. The molecule has 3 rings (SSSR count). The van der Waals surface area contributed by atoms with E-state index in [0.717, 1.165) is 5.69 Å². The Morgan fingerprint density at radius 1 is 1.35 bits per heavy atom. The number of aryl methyl sites for hydroxylation is 1. The van der Waals surface area contributed by atoms with Gasteiger partial charge in [0.15, 0.2) is 0 Å². The molecule has 1 aliphatic heterocycles. The molecular weight excluding hydrogens is 342 g/mol. The smallest absolute Gasteiger partial charge is 0.280 e. The van der Waals surface area contributed by atoms with Gasteiger partial charge in [-0.25, -0.2) is 18.7 Å². The Hall–Kier alpha value is -2.58. The first kappa shape index (κ1) is 18.2. The van der Waals surface area contributed by atoms with E-state index in [9.17, 15) is 13.6 Å². The highest BCUT2D eigenvalue weighted by Gasteiger charge is 2.26. The van der Waals surface area contributed by atoms with Gasteiger partial charge in [0.2, 0.25) is 11.9 Å². The Morgan fingerprint density at radius 3 is 2.58 bits per heavy atom. The molecule has 26 heavy (non-hydrogen) atoms. The lowest BCUT2D eigenvalue weighted by Crippen LogP contribution is -2.39. The highest BCUT2D eigenvalue weighted by Crippen LogP contribution is 2.29. The minimum absolute atomic E-state index is 0.186. The van der Waals surface area contributed by atoms with Gasteiger partial charge in [-0.1, -0.05) is 0 Å². The van der Waals surface area contributed by atoms with Crippen LogP contribution in [0.5, 0.6) is 0 Å². The fourth-order valence-corrected chi connectivity index (χ4v) is 3.22. The molecule has 1 saturated heterocycles. The molecule has 2 aromatic rings. The van der Waals surface area contributed by atoms with Gasteiger partial charge in [-0.15, -0.1) is 0 Å². The van der Waals surface area contributed by atoms with Gasteiger partial charge >= 0.3 is 0 Å². The van der Waals surface area contributed by atoms with Crippen LogP contribution in [0.2, 0.25) is 0 Å². The third kappa shape index (κ3) is 3.51. The first-order valence-electron chi connectivity index (χ1n) is 8.64. The van der Waals surface area contributed by atoms with Crippen LogP contribution in [0.25, 0.3) is 11.3 Å². The van der Waals surface area contributed by atoms with E-state index in [4.69, 9.17) is 5.73 Å². The number of piperidine rings is 1. The maximum atomic E-state index is 13.4. The number of nitrogens with zero attached hydrogens (tertiary/aromatic N) is 5. The lowest BCUT2D eigenvalue weighted by molar-refractivity contribution is -0.122. The third-order valence-electron chi connectivity index (χ3n) is 4.82. The molecule has 140 valence electrons. The highest BCUT2D eigenvalue weighted by molar-refractivity contribution is 5.77. The summed E-state index contributed by atoms with van der Waals surface area (Å²) in [6, 6.07) is 1.31. The van der Waals surface area contributed by atoms with Crippen LogP contribution >= 0.6 is 0 Å². The van der Waals surface area contributed by atoms with Gasteiger partial charge in [0.25, 0.3) is 6.43 Å². The number of amides is 1. The summed E-state index contributed by atoms with van der Waals surface area (Å²) in [5.41, 5.74) is 7.04. The normalized spacial score (nSPS) is 15.7. The molecule has 0 atom stereocenters. The number of aromatic nitrogens is 4. The second-order valence-electron chi connectivity index (χ2n) is 6.40. The fraction of sp³-hybridized carbons (Fsp3) is 0.529. The standard InChI is InChI=1S/C17H22F2N6O/c1-3-25-10(2)12(9-21-25)13-8-14(15(18)19)23-17(22-13)24-6-4-11(5-7-24)16(20)26/h8-9,11,15H,3-7H2,1-2H3,(H2,20,26). The molecule has 0 aromatic carbocycles. The lowest BCUT2D eigenvalue weighted by atomic mass is 9.96. The molecule has 0 bridgehead atoms. The van der Waals surface area contributed by atoms with Crippen molar-refractivity contribution in [1.82, 2.24) is 19.7 Å². The summed E-state index contributed by atoms with van der Waals surface area (Å²) >= 11 is 0.